The van der Waals surface area contributed by atoms with Gasteiger partial charge in [-0.05, 0) is 43.0 Å². The Morgan fingerprint density at radius 2 is 1.67 bits per heavy atom. The van der Waals surface area contributed by atoms with E-state index in [-0.39, 0.29) is 5.82 Å². The molecule has 0 spiro atoms. The van der Waals surface area contributed by atoms with Crippen LogP contribution in [0.1, 0.15) is 58.1 Å². The lowest BCUT2D eigenvalue weighted by molar-refractivity contribution is 0.371. The summed E-state index contributed by atoms with van der Waals surface area (Å²) in [7, 11) is 0. The fourth-order valence-corrected chi connectivity index (χ4v) is 2.31. The fourth-order valence-electron chi connectivity index (χ4n) is 2.31. The molecule has 0 aliphatic rings. The van der Waals surface area contributed by atoms with E-state index >= 15 is 0 Å². The SMILES string of the molecule is CCCNC(CC(CC)CC)c1ccc(F)cc1. The van der Waals surface area contributed by atoms with Crippen LogP contribution in [0.15, 0.2) is 24.3 Å². The highest BCUT2D eigenvalue weighted by atomic mass is 19.1. The van der Waals surface area contributed by atoms with E-state index in [4.69, 9.17) is 0 Å². The Kier molecular flexibility index (Phi) is 6.96. The van der Waals surface area contributed by atoms with Gasteiger partial charge in [0, 0.05) is 6.04 Å². The molecule has 0 aromatic heterocycles. The summed E-state index contributed by atoms with van der Waals surface area (Å²) >= 11 is 0. The molecule has 0 heterocycles. The lowest BCUT2D eigenvalue weighted by Crippen LogP contribution is -2.24. The molecule has 0 saturated carbocycles. The van der Waals surface area contributed by atoms with Gasteiger partial charge >= 0.3 is 0 Å². The number of halogens is 1. The molecule has 1 aromatic carbocycles. The van der Waals surface area contributed by atoms with Crippen molar-refractivity contribution in [1.29, 1.82) is 0 Å². The number of rotatable bonds is 8. The Balaban J connectivity index is 2.73. The minimum Gasteiger partial charge on any atom is -0.310 e. The molecular weight excluding hydrogens is 225 g/mol. The largest absolute Gasteiger partial charge is 0.310 e. The Morgan fingerprint density at radius 3 is 2.17 bits per heavy atom. The molecule has 18 heavy (non-hydrogen) atoms. The number of nitrogens with one attached hydrogen (secondary N) is 1. The summed E-state index contributed by atoms with van der Waals surface area (Å²) in [6.45, 7) is 7.68. The average Bonchev–Trinajstić information content (AvgIpc) is 2.40. The Bertz CT molecular complexity index is 316. The van der Waals surface area contributed by atoms with Crippen LogP contribution in [0.5, 0.6) is 0 Å². The van der Waals surface area contributed by atoms with Gasteiger partial charge < -0.3 is 5.32 Å². The van der Waals surface area contributed by atoms with Crippen LogP contribution in [-0.2, 0) is 0 Å². The molecule has 0 fully saturated rings. The van der Waals surface area contributed by atoms with Crippen molar-refractivity contribution in [2.24, 2.45) is 5.92 Å². The monoisotopic (exact) mass is 251 g/mol. The van der Waals surface area contributed by atoms with Crippen molar-refractivity contribution in [3.8, 4) is 0 Å². The van der Waals surface area contributed by atoms with Crippen LogP contribution in [0.2, 0.25) is 0 Å². The molecule has 1 nitrogen and oxygen atoms in total. The van der Waals surface area contributed by atoms with Crippen molar-refractivity contribution in [1.82, 2.24) is 5.32 Å². The van der Waals surface area contributed by atoms with Gasteiger partial charge in [-0.3, -0.25) is 0 Å². The van der Waals surface area contributed by atoms with Crippen molar-refractivity contribution in [2.75, 3.05) is 6.54 Å². The molecule has 102 valence electrons. The van der Waals surface area contributed by atoms with Crippen LogP contribution in [0, 0.1) is 11.7 Å². The third-order valence-electron chi connectivity index (χ3n) is 3.64. The highest BCUT2D eigenvalue weighted by Gasteiger charge is 2.15. The van der Waals surface area contributed by atoms with Gasteiger partial charge in [0.25, 0.3) is 0 Å². The summed E-state index contributed by atoms with van der Waals surface area (Å²) in [6.07, 6.45) is 4.68. The molecule has 0 saturated heterocycles. The van der Waals surface area contributed by atoms with E-state index in [1.807, 2.05) is 12.1 Å². The zero-order valence-corrected chi connectivity index (χ0v) is 11.9. The van der Waals surface area contributed by atoms with E-state index < -0.39 is 0 Å². The normalized spacial score (nSPS) is 12.9. The summed E-state index contributed by atoms with van der Waals surface area (Å²) < 4.78 is 13.0. The van der Waals surface area contributed by atoms with Crippen molar-refractivity contribution < 1.29 is 4.39 Å². The van der Waals surface area contributed by atoms with E-state index in [9.17, 15) is 4.39 Å². The Morgan fingerprint density at radius 1 is 1.06 bits per heavy atom. The minimum atomic E-state index is -0.157. The lowest BCUT2D eigenvalue weighted by Gasteiger charge is -2.23. The zero-order valence-electron chi connectivity index (χ0n) is 11.9. The first kappa shape index (κ1) is 15.2. The van der Waals surface area contributed by atoms with Gasteiger partial charge in [-0.15, -0.1) is 0 Å². The Labute approximate surface area is 111 Å². The second-order valence-electron chi connectivity index (χ2n) is 4.98. The van der Waals surface area contributed by atoms with Crippen LogP contribution in [0.4, 0.5) is 4.39 Å². The van der Waals surface area contributed by atoms with Gasteiger partial charge in [-0.2, -0.15) is 0 Å². The molecule has 0 amide bonds. The van der Waals surface area contributed by atoms with Gasteiger partial charge in [0.1, 0.15) is 5.82 Å². The molecule has 1 rings (SSSR count). The van der Waals surface area contributed by atoms with Crippen molar-refractivity contribution in [3.05, 3.63) is 35.6 Å². The number of hydrogen-bond acceptors (Lipinski definition) is 1. The summed E-state index contributed by atoms with van der Waals surface area (Å²) in [4.78, 5) is 0. The van der Waals surface area contributed by atoms with Gasteiger partial charge in [-0.25, -0.2) is 4.39 Å². The summed E-state index contributed by atoms with van der Waals surface area (Å²) in [5.41, 5.74) is 1.21. The van der Waals surface area contributed by atoms with E-state index in [0.29, 0.717) is 6.04 Å². The topological polar surface area (TPSA) is 12.0 Å². The standard InChI is InChI=1S/C16H26FN/c1-4-11-18-16(12-13(5-2)6-3)14-7-9-15(17)10-8-14/h7-10,13,16,18H,4-6,11-12H2,1-3H3. The molecule has 2 heteroatoms. The molecule has 0 bridgehead atoms. The highest BCUT2D eigenvalue weighted by Crippen LogP contribution is 2.25. The smallest absolute Gasteiger partial charge is 0.123 e. The first-order valence-corrected chi connectivity index (χ1v) is 7.20. The first-order chi connectivity index (χ1) is 8.71. The molecule has 0 aliphatic carbocycles. The lowest BCUT2D eigenvalue weighted by atomic mass is 9.91. The highest BCUT2D eigenvalue weighted by molar-refractivity contribution is 5.20. The second kappa shape index (κ2) is 8.25. The van der Waals surface area contributed by atoms with Crippen LogP contribution in [0.25, 0.3) is 0 Å². The fraction of sp³-hybridized carbons (Fsp3) is 0.625. The molecule has 0 aliphatic heterocycles. The van der Waals surface area contributed by atoms with E-state index in [0.717, 1.165) is 25.3 Å². The van der Waals surface area contributed by atoms with Crippen LogP contribution in [0.3, 0.4) is 0 Å². The molecule has 1 N–H and O–H groups in total. The first-order valence-electron chi connectivity index (χ1n) is 7.20. The minimum absolute atomic E-state index is 0.157. The second-order valence-corrected chi connectivity index (χ2v) is 4.98. The van der Waals surface area contributed by atoms with E-state index in [1.54, 1.807) is 12.1 Å². The van der Waals surface area contributed by atoms with Gasteiger partial charge in [0.2, 0.25) is 0 Å². The molecule has 0 radical (unpaired) electrons. The maximum atomic E-state index is 13.0. The van der Waals surface area contributed by atoms with Crippen LogP contribution < -0.4 is 5.32 Å². The van der Waals surface area contributed by atoms with Gasteiger partial charge in [0.15, 0.2) is 0 Å². The number of hydrogen-bond donors (Lipinski definition) is 1. The summed E-state index contributed by atoms with van der Waals surface area (Å²) in [6, 6.07) is 7.29. The molecule has 1 atom stereocenters. The van der Waals surface area contributed by atoms with E-state index in [2.05, 4.69) is 26.1 Å². The van der Waals surface area contributed by atoms with Crippen LogP contribution >= 0.6 is 0 Å². The maximum absolute atomic E-state index is 13.0. The van der Waals surface area contributed by atoms with Crippen molar-refractivity contribution in [3.63, 3.8) is 0 Å². The van der Waals surface area contributed by atoms with Crippen LogP contribution in [-0.4, -0.2) is 6.54 Å². The number of benzene rings is 1. The van der Waals surface area contributed by atoms with E-state index in [1.165, 1.54) is 18.4 Å². The third-order valence-corrected chi connectivity index (χ3v) is 3.64. The zero-order chi connectivity index (χ0) is 13.4. The third kappa shape index (κ3) is 4.77. The molecule has 1 aromatic rings. The Hall–Kier alpha value is -0.890. The average molecular weight is 251 g/mol. The predicted octanol–water partition coefficient (Wildman–Crippen LogP) is 4.69. The summed E-state index contributed by atoms with van der Waals surface area (Å²) in [5, 5.41) is 3.58. The van der Waals surface area contributed by atoms with Crippen molar-refractivity contribution >= 4 is 0 Å². The van der Waals surface area contributed by atoms with Crippen molar-refractivity contribution in [2.45, 2.75) is 52.5 Å². The van der Waals surface area contributed by atoms with Gasteiger partial charge in [0.05, 0.1) is 0 Å². The maximum Gasteiger partial charge on any atom is 0.123 e. The summed E-state index contributed by atoms with van der Waals surface area (Å²) in [5.74, 6) is 0.583. The quantitative estimate of drug-likeness (QED) is 0.706. The van der Waals surface area contributed by atoms with Gasteiger partial charge in [-0.1, -0.05) is 45.7 Å². The predicted molar refractivity (Wildman–Crippen MR) is 76.1 cm³/mol. The molecule has 1 unspecified atom stereocenters. The molecular formula is C16H26FN.